The number of hydrogen-bond acceptors (Lipinski definition) is 6. The molecule has 11 heteroatoms. The normalized spacial score (nSPS) is 15.1. The van der Waals surface area contributed by atoms with Crippen LogP contribution in [0.5, 0.6) is 5.75 Å². The molecule has 1 aliphatic heterocycles. The van der Waals surface area contributed by atoms with Crippen LogP contribution in [0.4, 0.5) is 11.4 Å². The number of methoxy groups -OCH3 is 1. The first-order valence-electron chi connectivity index (χ1n) is 10.5. The molecule has 9 nitrogen and oxygen atoms in total. The smallest absolute Gasteiger partial charge is 0.245 e. The van der Waals surface area contributed by atoms with Crippen LogP contribution in [0.15, 0.2) is 47.4 Å². The third kappa shape index (κ3) is 6.04. The monoisotopic (exact) mass is 495 g/mol. The highest BCUT2D eigenvalue weighted by Crippen LogP contribution is 2.30. The third-order valence-electron chi connectivity index (χ3n) is 5.38. The van der Waals surface area contributed by atoms with Crippen molar-refractivity contribution in [2.24, 2.45) is 0 Å². The summed E-state index contributed by atoms with van der Waals surface area (Å²) in [4.78, 5) is 12.9. The Labute approximate surface area is 195 Å². The van der Waals surface area contributed by atoms with Gasteiger partial charge in [-0.15, -0.1) is 0 Å². The summed E-state index contributed by atoms with van der Waals surface area (Å²) in [6, 6.07) is 11.1. The van der Waals surface area contributed by atoms with Crippen molar-refractivity contribution in [1.29, 1.82) is 0 Å². The third-order valence-corrected chi connectivity index (χ3v) is 8.41. The fraction of sp³-hybridized carbons (Fsp3) is 0.409. The maximum absolute atomic E-state index is 13.0. The van der Waals surface area contributed by atoms with E-state index in [0.29, 0.717) is 18.8 Å². The van der Waals surface area contributed by atoms with E-state index < -0.39 is 32.5 Å². The number of nitrogens with zero attached hydrogens (tertiary/aromatic N) is 2. The minimum atomic E-state index is -3.74. The number of anilines is 2. The van der Waals surface area contributed by atoms with Gasteiger partial charge in [-0.1, -0.05) is 18.6 Å². The van der Waals surface area contributed by atoms with E-state index in [4.69, 9.17) is 4.74 Å². The highest BCUT2D eigenvalue weighted by atomic mass is 32.2. The summed E-state index contributed by atoms with van der Waals surface area (Å²) in [6.07, 6.45) is 3.63. The van der Waals surface area contributed by atoms with Crippen LogP contribution >= 0.6 is 0 Å². The molecule has 0 saturated carbocycles. The number of sulfonamides is 2. The quantitative estimate of drug-likeness (QED) is 0.602. The van der Waals surface area contributed by atoms with Crippen molar-refractivity contribution < 1.29 is 26.4 Å². The number of aryl methyl sites for hydroxylation is 1. The van der Waals surface area contributed by atoms with Crippen molar-refractivity contribution >= 4 is 37.3 Å². The molecule has 0 aromatic heterocycles. The molecule has 2 aromatic carbocycles. The van der Waals surface area contributed by atoms with Crippen molar-refractivity contribution in [3.05, 3.63) is 48.0 Å². The molecule has 0 bridgehead atoms. The van der Waals surface area contributed by atoms with Crippen molar-refractivity contribution in [2.75, 3.05) is 42.6 Å². The average molecular weight is 496 g/mol. The Morgan fingerprint density at radius 3 is 2.36 bits per heavy atom. The van der Waals surface area contributed by atoms with Gasteiger partial charge in [0.1, 0.15) is 12.3 Å². The zero-order chi connectivity index (χ0) is 24.2. The van der Waals surface area contributed by atoms with Crippen LogP contribution in [0, 0.1) is 6.92 Å². The van der Waals surface area contributed by atoms with E-state index >= 15 is 0 Å². The summed E-state index contributed by atoms with van der Waals surface area (Å²) in [7, 11) is -6.06. The molecule has 1 N–H and O–H groups in total. The fourth-order valence-corrected chi connectivity index (χ4v) is 6.09. The van der Waals surface area contributed by atoms with Crippen molar-refractivity contribution in [3.63, 3.8) is 0 Å². The largest absolute Gasteiger partial charge is 0.495 e. The van der Waals surface area contributed by atoms with E-state index in [0.717, 1.165) is 35.4 Å². The van der Waals surface area contributed by atoms with E-state index in [-0.39, 0.29) is 16.3 Å². The van der Waals surface area contributed by atoms with Gasteiger partial charge in [-0.25, -0.2) is 16.8 Å². The number of ether oxygens (including phenoxy) is 1. The predicted octanol–water partition coefficient (Wildman–Crippen LogP) is 2.58. The Morgan fingerprint density at radius 1 is 1.06 bits per heavy atom. The Morgan fingerprint density at radius 2 is 1.76 bits per heavy atom. The lowest BCUT2D eigenvalue weighted by Crippen LogP contribution is -2.37. The average Bonchev–Trinajstić information content (AvgIpc) is 2.77. The number of piperidine rings is 1. The maximum Gasteiger partial charge on any atom is 0.245 e. The number of carbonyl (C=O) groups is 1. The Kier molecular flexibility index (Phi) is 7.65. The lowest BCUT2D eigenvalue weighted by atomic mass is 10.2. The molecule has 1 fully saturated rings. The standard InChI is InChI=1S/C22H29N3O6S2/c1-17-8-7-9-18(14-17)25(32(3,27)28)16-22(26)23-20-15-19(10-11-21(20)31-2)33(29,30)24-12-5-4-6-13-24/h7-11,14-15H,4-6,12-13,16H2,1-3H3,(H,23,26). The zero-order valence-electron chi connectivity index (χ0n) is 18.9. The van der Waals surface area contributed by atoms with Gasteiger partial charge < -0.3 is 10.1 Å². The van der Waals surface area contributed by atoms with Crippen LogP contribution in [0.2, 0.25) is 0 Å². The minimum Gasteiger partial charge on any atom is -0.495 e. The first-order valence-corrected chi connectivity index (χ1v) is 13.8. The van der Waals surface area contributed by atoms with Crippen molar-refractivity contribution in [2.45, 2.75) is 31.1 Å². The van der Waals surface area contributed by atoms with Crippen LogP contribution in [-0.2, 0) is 24.8 Å². The number of hydrogen-bond donors (Lipinski definition) is 1. The molecule has 2 aromatic rings. The number of benzene rings is 2. The number of carbonyl (C=O) groups excluding carboxylic acids is 1. The lowest BCUT2D eigenvalue weighted by Gasteiger charge is -2.26. The number of amides is 1. The molecule has 1 amide bonds. The molecule has 0 unspecified atom stereocenters. The molecular weight excluding hydrogens is 466 g/mol. The van der Waals surface area contributed by atoms with E-state index in [1.54, 1.807) is 18.2 Å². The highest BCUT2D eigenvalue weighted by Gasteiger charge is 2.27. The molecule has 33 heavy (non-hydrogen) atoms. The summed E-state index contributed by atoms with van der Waals surface area (Å²) < 4.78 is 58.5. The van der Waals surface area contributed by atoms with Gasteiger partial charge in [0, 0.05) is 13.1 Å². The van der Waals surface area contributed by atoms with E-state index in [9.17, 15) is 21.6 Å². The summed E-state index contributed by atoms with van der Waals surface area (Å²) in [5, 5.41) is 2.61. The van der Waals surface area contributed by atoms with Crippen LogP contribution < -0.4 is 14.4 Å². The van der Waals surface area contributed by atoms with Gasteiger partial charge in [-0.3, -0.25) is 9.10 Å². The summed E-state index contributed by atoms with van der Waals surface area (Å²) in [5.74, 6) is -0.366. The van der Waals surface area contributed by atoms with Gasteiger partial charge in [-0.05, 0) is 55.7 Å². The molecule has 1 aliphatic rings. The SMILES string of the molecule is COc1ccc(S(=O)(=O)N2CCCCC2)cc1NC(=O)CN(c1cccc(C)c1)S(C)(=O)=O. The summed E-state index contributed by atoms with van der Waals surface area (Å²) in [6.45, 7) is 2.25. The molecule has 0 radical (unpaired) electrons. The van der Waals surface area contributed by atoms with Gasteiger partial charge in [-0.2, -0.15) is 4.31 Å². The Bertz CT molecular complexity index is 1220. The van der Waals surface area contributed by atoms with Crippen LogP contribution in [0.25, 0.3) is 0 Å². The first kappa shape index (κ1) is 25.0. The van der Waals surface area contributed by atoms with Gasteiger partial charge in [0.25, 0.3) is 0 Å². The molecule has 3 rings (SSSR count). The molecule has 0 atom stereocenters. The molecule has 1 saturated heterocycles. The number of rotatable bonds is 8. The minimum absolute atomic E-state index is 0.0409. The van der Waals surface area contributed by atoms with Gasteiger partial charge in [0.15, 0.2) is 0 Å². The molecule has 180 valence electrons. The van der Waals surface area contributed by atoms with Crippen LogP contribution in [0.3, 0.4) is 0 Å². The topological polar surface area (TPSA) is 113 Å². The molecule has 0 spiro atoms. The van der Waals surface area contributed by atoms with Crippen LogP contribution in [-0.4, -0.2) is 60.0 Å². The second-order valence-electron chi connectivity index (χ2n) is 7.98. The summed E-state index contributed by atoms with van der Waals surface area (Å²) >= 11 is 0. The Balaban J connectivity index is 1.86. The fourth-order valence-electron chi connectivity index (χ4n) is 3.70. The van der Waals surface area contributed by atoms with Crippen molar-refractivity contribution in [1.82, 2.24) is 4.31 Å². The lowest BCUT2D eigenvalue weighted by molar-refractivity contribution is -0.114. The summed E-state index contributed by atoms with van der Waals surface area (Å²) in [5.41, 5.74) is 1.36. The second-order valence-corrected chi connectivity index (χ2v) is 11.8. The zero-order valence-corrected chi connectivity index (χ0v) is 20.6. The predicted molar refractivity (Wildman–Crippen MR) is 128 cm³/mol. The van der Waals surface area contributed by atoms with Crippen molar-refractivity contribution in [3.8, 4) is 5.75 Å². The van der Waals surface area contributed by atoms with Gasteiger partial charge in [0.05, 0.1) is 29.6 Å². The van der Waals surface area contributed by atoms with Crippen LogP contribution in [0.1, 0.15) is 24.8 Å². The molecule has 1 heterocycles. The van der Waals surface area contributed by atoms with E-state index in [2.05, 4.69) is 5.32 Å². The number of nitrogens with one attached hydrogen (secondary N) is 1. The van der Waals surface area contributed by atoms with Gasteiger partial charge in [0.2, 0.25) is 26.0 Å². The van der Waals surface area contributed by atoms with E-state index in [1.165, 1.54) is 29.6 Å². The first-order chi connectivity index (χ1) is 15.5. The highest BCUT2D eigenvalue weighted by molar-refractivity contribution is 7.92. The Hall–Kier alpha value is -2.63. The molecule has 0 aliphatic carbocycles. The van der Waals surface area contributed by atoms with Gasteiger partial charge >= 0.3 is 0 Å². The molecular formula is C22H29N3O6S2. The van der Waals surface area contributed by atoms with E-state index in [1.807, 2.05) is 13.0 Å². The second kappa shape index (κ2) is 10.1. The maximum atomic E-state index is 13.0.